The lowest BCUT2D eigenvalue weighted by atomic mass is 9.88. The number of fused-ring (bicyclic) bond motifs is 2. The second kappa shape index (κ2) is 6.63. The Balaban J connectivity index is 1.59. The molecule has 1 heterocycles. The number of para-hydroxylation sites is 1. The van der Waals surface area contributed by atoms with Gasteiger partial charge >= 0.3 is 5.69 Å². The van der Waals surface area contributed by atoms with Crippen molar-refractivity contribution in [2.24, 2.45) is 0 Å². The molecular formula is C20H19N3O3. The van der Waals surface area contributed by atoms with Crippen LogP contribution in [-0.2, 0) is 17.8 Å². The van der Waals surface area contributed by atoms with Crippen molar-refractivity contribution in [1.29, 1.82) is 0 Å². The largest absolute Gasteiger partial charge is 0.348 e. The van der Waals surface area contributed by atoms with Crippen LogP contribution in [-0.4, -0.2) is 15.5 Å². The molecule has 0 aliphatic heterocycles. The van der Waals surface area contributed by atoms with Gasteiger partial charge in [0, 0.05) is 0 Å². The van der Waals surface area contributed by atoms with E-state index in [1.54, 1.807) is 24.3 Å². The Hall–Kier alpha value is -3.15. The van der Waals surface area contributed by atoms with Gasteiger partial charge in [-0.25, -0.2) is 4.79 Å². The Morgan fingerprint density at radius 3 is 2.77 bits per heavy atom. The van der Waals surface area contributed by atoms with Crippen LogP contribution < -0.4 is 16.6 Å². The number of hydrogen-bond acceptors (Lipinski definition) is 3. The maximum Gasteiger partial charge on any atom is 0.329 e. The van der Waals surface area contributed by atoms with Gasteiger partial charge in [-0.15, -0.1) is 0 Å². The fraction of sp³-hybridized carbons (Fsp3) is 0.250. The molecule has 1 amide bonds. The molecule has 0 spiro atoms. The molecule has 3 aromatic rings. The summed E-state index contributed by atoms with van der Waals surface area (Å²) in [7, 11) is 0. The third-order valence-electron chi connectivity index (χ3n) is 4.90. The number of hydrogen-bond donors (Lipinski definition) is 2. The minimum absolute atomic E-state index is 0.0808. The molecule has 132 valence electrons. The minimum atomic E-state index is -0.576. The number of carbonyl (C=O) groups excluding carboxylic acids is 1. The molecule has 1 aliphatic rings. The zero-order valence-electron chi connectivity index (χ0n) is 14.2. The summed E-state index contributed by atoms with van der Waals surface area (Å²) in [5.41, 5.74) is 1.80. The molecule has 0 radical (unpaired) electrons. The molecule has 2 N–H and O–H groups in total. The van der Waals surface area contributed by atoms with Crippen LogP contribution in [0.25, 0.3) is 10.9 Å². The van der Waals surface area contributed by atoms with Crippen LogP contribution in [0.3, 0.4) is 0 Å². The number of aromatic nitrogens is 2. The lowest BCUT2D eigenvalue weighted by Gasteiger charge is -2.26. The number of nitrogens with one attached hydrogen (secondary N) is 2. The second-order valence-electron chi connectivity index (χ2n) is 6.58. The SMILES string of the molecule is O=C(Cn1c(=O)[nH]c2ccccc2c1=O)NC1CCCc2ccccc21. The summed E-state index contributed by atoms with van der Waals surface area (Å²) in [6, 6.07) is 14.8. The number of amides is 1. The van der Waals surface area contributed by atoms with E-state index in [2.05, 4.69) is 16.4 Å². The van der Waals surface area contributed by atoms with Gasteiger partial charge in [-0.05, 0) is 42.5 Å². The Labute approximate surface area is 149 Å². The van der Waals surface area contributed by atoms with Crippen molar-refractivity contribution < 1.29 is 4.79 Å². The van der Waals surface area contributed by atoms with Crippen molar-refractivity contribution in [3.63, 3.8) is 0 Å². The molecule has 26 heavy (non-hydrogen) atoms. The summed E-state index contributed by atoms with van der Waals surface area (Å²) in [5, 5.41) is 3.37. The van der Waals surface area contributed by atoms with E-state index in [1.807, 2.05) is 18.2 Å². The van der Waals surface area contributed by atoms with Crippen LogP contribution in [0.15, 0.2) is 58.1 Å². The van der Waals surface area contributed by atoms with Crippen LogP contribution >= 0.6 is 0 Å². The highest BCUT2D eigenvalue weighted by Gasteiger charge is 2.22. The number of rotatable bonds is 3. The first-order valence-corrected chi connectivity index (χ1v) is 8.72. The molecule has 0 fully saturated rings. The Kier molecular flexibility index (Phi) is 4.16. The second-order valence-corrected chi connectivity index (χ2v) is 6.58. The molecule has 0 bridgehead atoms. The topological polar surface area (TPSA) is 84.0 Å². The first-order valence-electron chi connectivity index (χ1n) is 8.72. The molecule has 0 saturated heterocycles. The van der Waals surface area contributed by atoms with Gasteiger partial charge in [0.1, 0.15) is 6.54 Å². The van der Waals surface area contributed by atoms with E-state index in [0.717, 1.165) is 29.4 Å². The summed E-state index contributed by atoms with van der Waals surface area (Å²) in [6.45, 7) is -0.294. The summed E-state index contributed by atoms with van der Waals surface area (Å²) in [6.07, 6.45) is 2.86. The van der Waals surface area contributed by atoms with E-state index in [-0.39, 0.29) is 18.5 Å². The third-order valence-corrected chi connectivity index (χ3v) is 4.90. The van der Waals surface area contributed by atoms with Gasteiger partial charge in [-0.1, -0.05) is 36.4 Å². The van der Waals surface area contributed by atoms with Gasteiger partial charge in [0.05, 0.1) is 16.9 Å². The Bertz CT molecular complexity index is 1100. The number of aryl methyl sites for hydroxylation is 1. The normalized spacial score (nSPS) is 16.2. The molecule has 1 unspecified atom stereocenters. The predicted molar refractivity (Wildman–Crippen MR) is 99.1 cm³/mol. The van der Waals surface area contributed by atoms with Crippen LogP contribution in [0.1, 0.15) is 30.0 Å². The van der Waals surface area contributed by atoms with E-state index in [1.165, 1.54) is 5.56 Å². The van der Waals surface area contributed by atoms with Crippen LogP contribution in [0.5, 0.6) is 0 Å². The van der Waals surface area contributed by atoms with Crippen LogP contribution in [0.4, 0.5) is 0 Å². The summed E-state index contributed by atoms with van der Waals surface area (Å²) < 4.78 is 0.951. The van der Waals surface area contributed by atoms with E-state index in [4.69, 9.17) is 0 Å². The van der Waals surface area contributed by atoms with Gasteiger partial charge in [0.2, 0.25) is 5.91 Å². The van der Waals surface area contributed by atoms with Crippen molar-refractivity contribution in [3.05, 3.63) is 80.5 Å². The van der Waals surface area contributed by atoms with E-state index >= 15 is 0 Å². The van der Waals surface area contributed by atoms with E-state index < -0.39 is 11.2 Å². The van der Waals surface area contributed by atoms with Crippen molar-refractivity contribution >= 4 is 16.8 Å². The zero-order valence-corrected chi connectivity index (χ0v) is 14.2. The first kappa shape index (κ1) is 16.3. The quantitative estimate of drug-likeness (QED) is 0.757. The standard InChI is InChI=1S/C20H19N3O3/c24-18(21-16-11-5-7-13-6-1-2-8-14(13)16)12-23-19(25)15-9-3-4-10-17(15)22-20(23)26/h1-4,6,8-10,16H,5,7,11-12H2,(H,21,24)(H,22,26). The highest BCUT2D eigenvalue weighted by Crippen LogP contribution is 2.29. The van der Waals surface area contributed by atoms with E-state index in [0.29, 0.717) is 10.9 Å². The van der Waals surface area contributed by atoms with Gasteiger partial charge in [0.15, 0.2) is 0 Å². The number of aromatic amines is 1. The summed E-state index contributed by atoms with van der Waals surface area (Å²) in [5.74, 6) is -0.338. The lowest BCUT2D eigenvalue weighted by Crippen LogP contribution is -2.41. The average Bonchev–Trinajstić information content (AvgIpc) is 2.65. The van der Waals surface area contributed by atoms with Gasteiger partial charge in [0.25, 0.3) is 5.56 Å². The smallest absolute Gasteiger partial charge is 0.329 e. The molecule has 6 nitrogen and oxygen atoms in total. The van der Waals surface area contributed by atoms with Crippen molar-refractivity contribution in [2.45, 2.75) is 31.8 Å². The molecular weight excluding hydrogens is 330 g/mol. The number of H-pyrrole nitrogens is 1. The van der Waals surface area contributed by atoms with E-state index in [9.17, 15) is 14.4 Å². The molecule has 1 aliphatic carbocycles. The van der Waals surface area contributed by atoms with Gasteiger partial charge in [-0.3, -0.25) is 14.2 Å². The van der Waals surface area contributed by atoms with Gasteiger partial charge < -0.3 is 10.3 Å². The van der Waals surface area contributed by atoms with Crippen molar-refractivity contribution in [1.82, 2.24) is 14.9 Å². The fourth-order valence-electron chi connectivity index (χ4n) is 3.63. The average molecular weight is 349 g/mol. The lowest BCUT2D eigenvalue weighted by molar-refractivity contribution is -0.122. The monoisotopic (exact) mass is 349 g/mol. The molecule has 6 heteroatoms. The molecule has 1 aromatic heterocycles. The molecule has 2 aromatic carbocycles. The number of nitrogens with zero attached hydrogens (tertiary/aromatic N) is 1. The minimum Gasteiger partial charge on any atom is -0.348 e. The predicted octanol–water partition coefficient (Wildman–Crippen LogP) is 1.88. The van der Waals surface area contributed by atoms with Crippen molar-refractivity contribution in [3.8, 4) is 0 Å². The highest BCUT2D eigenvalue weighted by molar-refractivity contribution is 5.79. The maximum atomic E-state index is 12.5. The summed E-state index contributed by atoms with van der Waals surface area (Å²) >= 11 is 0. The third kappa shape index (κ3) is 2.94. The highest BCUT2D eigenvalue weighted by atomic mass is 16.2. The first-order chi connectivity index (χ1) is 12.6. The van der Waals surface area contributed by atoms with Crippen LogP contribution in [0.2, 0.25) is 0 Å². The fourth-order valence-corrected chi connectivity index (χ4v) is 3.63. The maximum absolute atomic E-state index is 12.5. The Morgan fingerprint density at radius 1 is 1.12 bits per heavy atom. The van der Waals surface area contributed by atoms with Crippen LogP contribution in [0, 0.1) is 0 Å². The molecule has 4 rings (SSSR count). The number of benzene rings is 2. The zero-order chi connectivity index (χ0) is 18.1. The Morgan fingerprint density at radius 2 is 1.88 bits per heavy atom. The van der Waals surface area contributed by atoms with Crippen molar-refractivity contribution in [2.75, 3.05) is 0 Å². The number of carbonyl (C=O) groups is 1. The van der Waals surface area contributed by atoms with Gasteiger partial charge in [-0.2, -0.15) is 0 Å². The molecule has 0 saturated carbocycles. The molecule has 1 atom stereocenters. The summed E-state index contributed by atoms with van der Waals surface area (Å²) in [4.78, 5) is 39.9.